The van der Waals surface area contributed by atoms with Crippen LogP contribution in [0.4, 0.5) is 0 Å². The first-order valence-electron chi connectivity index (χ1n) is 7.15. The van der Waals surface area contributed by atoms with Crippen LogP contribution < -0.4 is 0 Å². The van der Waals surface area contributed by atoms with E-state index in [2.05, 4.69) is 6.92 Å². The fraction of sp³-hybridized carbons (Fsp3) is 0.562. The molecule has 1 saturated heterocycles. The molecule has 0 aromatic heterocycles. The second-order valence-electron chi connectivity index (χ2n) is 5.63. The van der Waals surface area contributed by atoms with Gasteiger partial charge in [0.2, 0.25) is 0 Å². The minimum atomic E-state index is -0.198. The van der Waals surface area contributed by atoms with Gasteiger partial charge in [-0.3, -0.25) is 0 Å². The van der Waals surface area contributed by atoms with Crippen LogP contribution in [0.3, 0.4) is 0 Å². The fourth-order valence-corrected chi connectivity index (χ4v) is 3.08. The van der Waals surface area contributed by atoms with Crippen molar-refractivity contribution in [3.05, 3.63) is 35.9 Å². The molecule has 0 N–H and O–H groups in total. The highest BCUT2D eigenvalue weighted by atomic mass is 16.6. The van der Waals surface area contributed by atoms with Gasteiger partial charge in [-0.25, -0.2) is 4.79 Å². The molecule has 0 radical (unpaired) electrons. The molecule has 19 heavy (non-hydrogen) atoms. The third-order valence-corrected chi connectivity index (χ3v) is 4.17. The molecular weight excluding hydrogens is 240 g/mol. The second-order valence-corrected chi connectivity index (χ2v) is 5.63. The molecule has 1 aliphatic heterocycles. The summed E-state index contributed by atoms with van der Waals surface area (Å²) in [6.07, 6.45) is 5.12. The highest BCUT2D eigenvalue weighted by Gasteiger charge is 2.43. The summed E-state index contributed by atoms with van der Waals surface area (Å²) in [5.74, 6) is 0.369. The number of ether oxygens (including phenoxy) is 2. The van der Waals surface area contributed by atoms with Crippen molar-refractivity contribution in [2.45, 2.75) is 50.9 Å². The van der Waals surface area contributed by atoms with Crippen molar-refractivity contribution in [3.63, 3.8) is 0 Å². The van der Waals surface area contributed by atoms with Crippen molar-refractivity contribution in [1.82, 2.24) is 0 Å². The first-order chi connectivity index (χ1) is 9.24. The van der Waals surface area contributed by atoms with Crippen LogP contribution in [-0.2, 0) is 9.47 Å². The van der Waals surface area contributed by atoms with Crippen LogP contribution in [0.2, 0.25) is 0 Å². The highest BCUT2D eigenvalue weighted by molar-refractivity contribution is 5.89. The lowest BCUT2D eigenvalue weighted by atomic mass is 9.84. The van der Waals surface area contributed by atoms with Gasteiger partial charge < -0.3 is 9.47 Å². The van der Waals surface area contributed by atoms with E-state index < -0.39 is 0 Å². The van der Waals surface area contributed by atoms with Gasteiger partial charge in [0.05, 0.1) is 17.8 Å². The minimum absolute atomic E-state index is 0.0582. The number of hydrogen-bond donors (Lipinski definition) is 0. The van der Waals surface area contributed by atoms with Gasteiger partial charge in [0, 0.05) is 0 Å². The molecule has 4 atom stereocenters. The number of rotatable bonds is 3. The Kier molecular flexibility index (Phi) is 3.56. The van der Waals surface area contributed by atoms with E-state index in [4.69, 9.17) is 9.47 Å². The molecule has 4 unspecified atom stereocenters. The first kappa shape index (κ1) is 12.7. The summed E-state index contributed by atoms with van der Waals surface area (Å²) < 4.78 is 11.2. The van der Waals surface area contributed by atoms with E-state index in [1.54, 1.807) is 12.1 Å². The first-order valence-corrected chi connectivity index (χ1v) is 7.15. The molecule has 1 aromatic rings. The molecule has 3 nitrogen and oxygen atoms in total. The van der Waals surface area contributed by atoms with Crippen molar-refractivity contribution in [1.29, 1.82) is 0 Å². The molecule has 0 amide bonds. The lowest BCUT2D eigenvalue weighted by Crippen LogP contribution is -2.28. The topological polar surface area (TPSA) is 38.8 Å². The Labute approximate surface area is 113 Å². The van der Waals surface area contributed by atoms with Gasteiger partial charge in [-0.15, -0.1) is 0 Å². The number of epoxide rings is 1. The standard InChI is InChI=1S/C16H20O3/c1-11-15(18-11)13-8-5-9-14(10-13)19-16(17)12-6-3-2-4-7-12/h2-4,6-7,11,13-15H,5,8-10H2,1H3. The maximum Gasteiger partial charge on any atom is 0.338 e. The van der Waals surface area contributed by atoms with Gasteiger partial charge in [0.25, 0.3) is 0 Å². The number of benzene rings is 1. The number of hydrogen-bond acceptors (Lipinski definition) is 3. The summed E-state index contributed by atoms with van der Waals surface area (Å²) in [5.41, 5.74) is 0.640. The van der Waals surface area contributed by atoms with Gasteiger partial charge in [-0.05, 0) is 50.7 Å². The van der Waals surface area contributed by atoms with Gasteiger partial charge in [-0.2, -0.15) is 0 Å². The van der Waals surface area contributed by atoms with Crippen LogP contribution in [0.5, 0.6) is 0 Å². The lowest BCUT2D eigenvalue weighted by Gasteiger charge is -2.28. The molecule has 1 aliphatic carbocycles. The van der Waals surface area contributed by atoms with E-state index in [1.165, 1.54) is 6.42 Å². The molecule has 1 aromatic carbocycles. The predicted octanol–water partition coefficient (Wildman–Crippen LogP) is 3.19. The van der Waals surface area contributed by atoms with Crippen LogP contribution in [0.25, 0.3) is 0 Å². The van der Waals surface area contributed by atoms with E-state index in [1.807, 2.05) is 18.2 Å². The Morgan fingerprint density at radius 3 is 2.68 bits per heavy atom. The van der Waals surface area contributed by atoms with E-state index in [0.717, 1.165) is 19.3 Å². The number of carbonyl (C=O) groups is 1. The van der Waals surface area contributed by atoms with Gasteiger partial charge in [-0.1, -0.05) is 18.2 Å². The molecule has 1 heterocycles. The van der Waals surface area contributed by atoms with Crippen molar-refractivity contribution in [2.75, 3.05) is 0 Å². The number of esters is 1. The van der Waals surface area contributed by atoms with Crippen LogP contribution in [0, 0.1) is 5.92 Å². The molecule has 3 rings (SSSR count). The zero-order valence-electron chi connectivity index (χ0n) is 11.2. The molecule has 0 bridgehead atoms. The lowest BCUT2D eigenvalue weighted by molar-refractivity contribution is 0.0120. The fourth-order valence-electron chi connectivity index (χ4n) is 3.08. The molecule has 2 aliphatic rings. The van der Waals surface area contributed by atoms with Crippen LogP contribution in [-0.4, -0.2) is 24.3 Å². The monoisotopic (exact) mass is 260 g/mol. The maximum absolute atomic E-state index is 12.0. The Morgan fingerprint density at radius 1 is 1.26 bits per heavy atom. The van der Waals surface area contributed by atoms with Gasteiger partial charge in [0.15, 0.2) is 0 Å². The highest BCUT2D eigenvalue weighted by Crippen LogP contribution is 2.39. The van der Waals surface area contributed by atoms with Crippen LogP contribution >= 0.6 is 0 Å². The summed E-state index contributed by atoms with van der Waals surface area (Å²) in [5, 5.41) is 0. The van der Waals surface area contributed by atoms with Gasteiger partial charge >= 0.3 is 5.97 Å². The predicted molar refractivity (Wildman–Crippen MR) is 71.9 cm³/mol. The van der Waals surface area contributed by atoms with Crippen molar-refractivity contribution < 1.29 is 14.3 Å². The van der Waals surface area contributed by atoms with Crippen molar-refractivity contribution >= 4 is 5.97 Å². The molecule has 3 heteroatoms. The van der Waals surface area contributed by atoms with Crippen LogP contribution in [0.1, 0.15) is 43.0 Å². The second kappa shape index (κ2) is 5.33. The molecule has 1 saturated carbocycles. The van der Waals surface area contributed by atoms with Crippen LogP contribution in [0.15, 0.2) is 30.3 Å². The molecule has 0 spiro atoms. The molecule has 2 fully saturated rings. The van der Waals surface area contributed by atoms with E-state index in [-0.39, 0.29) is 12.1 Å². The smallest absolute Gasteiger partial charge is 0.338 e. The van der Waals surface area contributed by atoms with E-state index in [9.17, 15) is 4.79 Å². The number of carbonyl (C=O) groups excluding carboxylic acids is 1. The Hall–Kier alpha value is -1.35. The quantitative estimate of drug-likeness (QED) is 0.619. The van der Waals surface area contributed by atoms with Gasteiger partial charge in [0.1, 0.15) is 6.10 Å². The summed E-state index contributed by atoms with van der Waals surface area (Å²) in [6.45, 7) is 2.12. The van der Waals surface area contributed by atoms with E-state index in [0.29, 0.717) is 23.7 Å². The average Bonchev–Trinajstić information content (AvgIpc) is 3.17. The summed E-state index contributed by atoms with van der Waals surface area (Å²) >= 11 is 0. The van der Waals surface area contributed by atoms with Crippen molar-refractivity contribution in [3.8, 4) is 0 Å². The maximum atomic E-state index is 12.0. The Morgan fingerprint density at radius 2 is 2.00 bits per heavy atom. The van der Waals surface area contributed by atoms with E-state index >= 15 is 0 Å². The zero-order chi connectivity index (χ0) is 13.2. The normalized spacial score (nSPS) is 33.7. The minimum Gasteiger partial charge on any atom is -0.459 e. The largest absolute Gasteiger partial charge is 0.459 e. The third-order valence-electron chi connectivity index (χ3n) is 4.17. The Balaban J connectivity index is 1.56. The summed E-state index contributed by atoms with van der Waals surface area (Å²) in [6, 6.07) is 9.22. The average molecular weight is 260 g/mol. The summed E-state index contributed by atoms with van der Waals surface area (Å²) in [4.78, 5) is 12.0. The SMILES string of the molecule is CC1OC1C1CCCC(OC(=O)c2ccccc2)C1. The Bertz CT molecular complexity index is 443. The third kappa shape index (κ3) is 2.98. The van der Waals surface area contributed by atoms with Crippen molar-refractivity contribution in [2.24, 2.45) is 5.92 Å². The molecule has 102 valence electrons. The zero-order valence-corrected chi connectivity index (χ0v) is 11.2. The summed E-state index contributed by atoms with van der Waals surface area (Å²) in [7, 11) is 0. The molecular formula is C16H20O3.